The highest BCUT2D eigenvalue weighted by Gasteiger charge is 2.17. The van der Waals surface area contributed by atoms with Gasteiger partial charge >= 0.3 is 11.0 Å². The van der Waals surface area contributed by atoms with Gasteiger partial charge in [-0.1, -0.05) is 28.7 Å². The Kier molecular flexibility index (Phi) is 5.19. The third-order valence-corrected chi connectivity index (χ3v) is 6.06. The Balaban J connectivity index is 2.16. The molecule has 3 aromatic rings. The fraction of sp³-hybridized carbons (Fsp3) is 0.235. The molecule has 10 heteroatoms. The van der Waals surface area contributed by atoms with Crippen molar-refractivity contribution in [2.24, 2.45) is 4.99 Å². The van der Waals surface area contributed by atoms with E-state index in [0.717, 1.165) is 32.7 Å². The Morgan fingerprint density at radius 3 is 2.63 bits per heavy atom. The van der Waals surface area contributed by atoms with Crippen molar-refractivity contribution in [3.8, 4) is 0 Å². The van der Waals surface area contributed by atoms with Crippen LogP contribution in [0.25, 0.3) is 10.2 Å². The van der Waals surface area contributed by atoms with Crippen LogP contribution >= 0.6 is 22.7 Å². The van der Waals surface area contributed by atoms with Crippen molar-refractivity contribution in [1.82, 2.24) is 4.57 Å². The fourth-order valence-electron chi connectivity index (χ4n) is 2.63. The first-order valence-electron chi connectivity index (χ1n) is 7.81. The topological polar surface area (TPSA) is 104 Å². The lowest BCUT2D eigenvalue weighted by Gasteiger charge is -2.05. The lowest BCUT2D eigenvalue weighted by atomic mass is 10.1. The SMILES string of the molecule is COC(=O)Cn1c(=NC(=O)c2ccc([N+](=O)[O-])s2)sc2c(C)cc(C)cc21. The summed E-state index contributed by atoms with van der Waals surface area (Å²) >= 11 is 2.05. The number of carbonyl (C=O) groups is 2. The highest BCUT2D eigenvalue weighted by atomic mass is 32.1. The van der Waals surface area contributed by atoms with Gasteiger partial charge < -0.3 is 9.30 Å². The van der Waals surface area contributed by atoms with Crippen molar-refractivity contribution >= 4 is 49.8 Å². The van der Waals surface area contributed by atoms with Gasteiger partial charge in [-0.2, -0.15) is 4.99 Å². The van der Waals surface area contributed by atoms with Crippen molar-refractivity contribution in [3.05, 3.63) is 55.2 Å². The van der Waals surface area contributed by atoms with Gasteiger partial charge in [-0.25, -0.2) is 0 Å². The molecular weight excluding hydrogens is 390 g/mol. The van der Waals surface area contributed by atoms with E-state index in [1.54, 1.807) is 4.57 Å². The molecular formula is C17H15N3O5S2. The maximum absolute atomic E-state index is 12.5. The largest absolute Gasteiger partial charge is 0.468 e. The molecule has 0 saturated carbocycles. The summed E-state index contributed by atoms with van der Waals surface area (Å²) in [5.74, 6) is -1.05. The van der Waals surface area contributed by atoms with Gasteiger partial charge in [0, 0.05) is 6.07 Å². The van der Waals surface area contributed by atoms with E-state index >= 15 is 0 Å². The number of hydrogen-bond donors (Lipinski definition) is 0. The van der Waals surface area contributed by atoms with Crippen LogP contribution < -0.4 is 4.80 Å². The van der Waals surface area contributed by atoms with Crippen LogP contribution in [-0.2, 0) is 16.1 Å². The first-order valence-corrected chi connectivity index (χ1v) is 9.44. The number of methoxy groups -OCH3 is 1. The molecule has 1 amide bonds. The number of nitrogens with zero attached hydrogens (tertiary/aromatic N) is 3. The molecule has 0 unspecified atom stereocenters. The predicted octanol–water partition coefficient (Wildman–Crippen LogP) is 3.20. The van der Waals surface area contributed by atoms with E-state index in [1.165, 1.54) is 30.6 Å². The van der Waals surface area contributed by atoms with E-state index in [2.05, 4.69) is 4.99 Å². The number of fused-ring (bicyclic) bond motifs is 1. The van der Waals surface area contributed by atoms with E-state index in [0.29, 0.717) is 4.80 Å². The van der Waals surface area contributed by atoms with Crippen molar-refractivity contribution in [2.75, 3.05) is 7.11 Å². The summed E-state index contributed by atoms with van der Waals surface area (Å²) < 4.78 is 7.29. The van der Waals surface area contributed by atoms with E-state index in [4.69, 9.17) is 4.74 Å². The summed E-state index contributed by atoms with van der Waals surface area (Å²) in [7, 11) is 1.29. The highest BCUT2D eigenvalue weighted by molar-refractivity contribution is 7.17. The number of esters is 1. The molecule has 0 spiro atoms. The monoisotopic (exact) mass is 405 g/mol. The van der Waals surface area contributed by atoms with Crippen LogP contribution in [0.2, 0.25) is 0 Å². The molecule has 0 radical (unpaired) electrons. The Labute approximate surface area is 161 Å². The lowest BCUT2D eigenvalue weighted by molar-refractivity contribution is -0.380. The van der Waals surface area contributed by atoms with Gasteiger partial charge in [-0.3, -0.25) is 19.7 Å². The van der Waals surface area contributed by atoms with E-state index < -0.39 is 16.8 Å². The molecule has 0 aliphatic heterocycles. The Morgan fingerprint density at radius 1 is 1.26 bits per heavy atom. The van der Waals surface area contributed by atoms with Gasteiger partial charge in [0.05, 0.1) is 22.2 Å². The number of carbonyl (C=O) groups excluding carboxylic acids is 2. The Bertz CT molecular complexity index is 1140. The average Bonchev–Trinajstić information content (AvgIpc) is 3.22. The standard InChI is InChI=1S/C17H15N3O5S2/c1-9-6-10(2)15-11(7-9)19(8-14(21)25-3)17(27-15)18-16(22)12-4-5-13(26-12)20(23)24/h4-7H,8H2,1-3H3. The van der Waals surface area contributed by atoms with Gasteiger partial charge in [0.2, 0.25) is 0 Å². The predicted molar refractivity (Wildman–Crippen MR) is 102 cm³/mol. The van der Waals surface area contributed by atoms with Crippen LogP contribution in [0.5, 0.6) is 0 Å². The number of aromatic nitrogens is 1. The number of nitro groups is 1. The summed E-state index contributed by atoms with van der Waals surface area (Å²) in [5.41, 5.74) is 2.81. The number of rotatable bonds is 4. The molecule has 1 aromatic carbocycles. The van der Waals surface area contributed by atoms with Crippen LogP contribution in [0.1, 0.15) is 20.8 Å². The number of thiophene rings is 1. The minimum atomic E-state index is -0.590. The Hall–Kier alpha value is -2.85. The molecule has 0 aliphatic carbocycles. The maximum atomic E-state index is 12.5. The van der Waals surface area contributed by atoms with Crippen molar-refractivity contribution in [1.29, 1.82) is 0 Å². The molecule has 0 aliphatic rings. The van der Waals surface area contributed by atoms with Gasteiger partial charge in [-0.15, -0.1) is 0 Å². The minimum Gasteiger partial charge on any atom is -0.468 e. The molecule has 0 fully saturated rings. The lowest BCUT2D eigenvalue weighted by Crippen LogP contribution is -2.22. The first kappa shape index (κ1) is 18.9. The van der Waals surface area contributed by atoms with E-state index in [-0.39, 0.29) is 16.4 Å². The highest BCUT2D eigenvalue weighted by Crippen LogP contribution is 2.26. The third-order valence-electron chi connectivity index (χ3n) is 3.81. The van der Waals surface area contributed by atoms with Crippen LogP contribution in [0, 0.1) is 24.0 Å². The molecule has 3 rings (SSSR count). The quantitative estimate of drug-likeness (QED) is 0.377. The van der Waals surface area contributed by atoms with Crippen LogP contribution in [0.4, 0.5) is 5.00 Å². The summed E-state index contributed by atoms with van der Waals surface area (Å²) in [4.78, 5) is 39.2. The zero-order chi connectivity index (χ0) is 19.7. The number of amides is 1. The minimum absolute atomic E-state index is 0.0872. The molecule has 0 atom stereocenters. The van der Waals surface area contributed by atoms with Crippen molar-refractivity contribution in [2.45, 2.75) is 20.4 Å². The molecule has 0 bridgehead atoms. The first-order chi connectivity index (χ1) is 12.8. The molecule has 2 heterocycles. The molecule has 0 saturated heterocycles. The number of benzene rings is 1. The second kappa shape index (κ2) is 7.41. The summed E-state index contributed by atoms with van der Waals surface area (Å²) in [6.07, 6.45) is 0. The molecule has 8 nitrogen and oxygen atoms in total. The second-order valence-electron chi connectivity index (χ2n) is 5.79. The zero-order valence-corrected chi connectivity index (χ0v) is 16.3. The van der Waals surface area contributed by atoms with Gasteiger partial charge in [0.15, 0.2) is 4.80 Å². The molecule has 27 heavy (non-hydrogen) atoms. The van der Waals surface area contributed by atoms with Crippen LogP contribution in [0.3, 0.4) is 0 Å². The summed E-state index contributed by atoms with van der Waals surface area (Å²) in [6.45, 7) is 3.80. The molecule has 140 valence electrons. The second-order valence-corrected chi connectivity index (χ2v) is 7.83. The zero-order valence-electron chi connectivity index (χ0n) is 14.7. The fourth-order valence-corrected chi connectivity index (χ4v) is 4.41. The third kappa shape index (κ3) is 3.81. The van der Waals surface area contributed by atoms with Crippen molar-refractivity contribution in [3.63, 3.8) is 0 Å². The van der Waals surface area contributed by atoms with Crippen LogP contribution in [-0.4, -0.2) is 28.5 Å². The number of thiazole rings is 1. The smallest absolute Gasteiger partial charge is 0.325 e. The average molecular weight is 405 g/mol. The van der Waals surface area contributed by atoms with Gasteiger partial charge in [0.1, 0.15) is 11.4 Å². The molecule has 0 N–H and O–H groups in total. The van der Waals surface area contributed by atoms with Gasteiger partial charge in [-0.05, 0) is 37.1 Å². The number of ether oxygens (including phenoxy) is 1. The van der Waals surface area contributed by atoms with Gasteiger partial charge in [0.25, 0.3) is 5.91 Å². The maximum Gasteiger partial charge on any atom is 0.325 e. The number of aryl methyl sites for hydroxylation is 2. The summed E-state index contributed by atoms with van der Waals surface area (Å²) in [6, 6.07) is 6.58. The van der Waals surface area contributed by atoms with Crippen molar-refractivity contribution < 1.29 is 19.2 Å². The number of hydrogen-bond acceptors (Lipinski definition) is 7. The summed E-state index contributed by atoms with van der Waals surface area (Å²) in [5, 5.41) is 10.7. The van der Waals surface area contributed by atoms with Crippen LogP contribution in [0.15, 0.2) is 29.3 Å². The normalized spacial score (nSPS) is 11.7. The van der Waals surface area contributed by atoms with E-state index in [1.807, 2.05) is 26.0 Å². The van der Waals surface area contributed by atoms with E-state index in [9.17, 15) is 19.7 Å². The molecule has 2 aromatic heterocycles. The Morgan fingerprint density at radius 2 is 2.00 bits per heavy atom.